The lowest BCUT2D eigenvalue weighted by Gasteiger charge is -2.36. The highest BCUT2D eigenvalue weighted by Crippen LogP contribution is 2.19. The van der Waals surface area contributed by atoms with E-state index >= 15 is 0 Å². The number of primary amides is 1. The monoisotopic (exact) mass is 448 g/mol. The summed E-state index contributed by atoms with van der Waals surface area (Å²) >= 11 is 0. The van der Waals surface area contributed by atoms with Crippen LogP contribution in [0.4, 0.5) is 17.6 Å². The molecule has 0 radical (unpaired) electrons. The Hall–Kier alpha value is -4.19. The smallest absolute Gasteiger partial charge is 0.259 e. The number of piperazine rings is 1. The number of carbonyl (C=O) groups excluding carboxylic acids is 1. The van der Waals surface area contributed by atoms with Crippen molar-refractivity contribution in [3.05, 3.63) is 48.2 Å². The van der Waals surface area contributed by atoms with Crippen molar-refractivity contribution in [2.24, 2.45) is 5.73 Å². The molecular weight excluding hydrogens is 424 g/mol. The predicted molar refractivity (Wildman–Crippen MR) is 123 cm³/mol. The maximum Gasteiger partial charge on any atom is 0.259 e. The summed E-state index contributed by atoms with van der Waals surface area (Å²) in [6.07, 6.45) is 1.56. The summed E-state index contributed by atoms with van der Waals surface area (Å²) < 4.78 is 6.72. The molecule has 170 valence electrons. The van der Waals surface area contributed by atoms with Crippen LogP contribution >= 0.6 is 0 Å². The Morgan fingerprint density at radius 2 is 1.94 bits per heavy atom. The van der Waals surface area contributed by atoms with Crippen molar-refractivity contribution in [3.8, 4) is 11.6 Å². The first-order valence-corrected chi connectivity index (χ1v) is 10.6. The maximum absolute atomic E-state index is 11.4. The first-order valence-electron chi connectivity index (χ1n) is 10.6. The largest absolute Gasteiger partial charge is 0.461 e. The molecule has 1 fully saturated rings. The average molecular weight is 448 g/mol. The van der Waals surface area contributed by atoms with Crippen LogP contribution in [-0.2, 0) is 0 Å². The van der Waals surface area contributed by atoms with E-state index in [2.05, 4.69) is 35.2 Å². The second-order valence-corrected chi connectivity index (χ2v) is 7.70. The van der Waals surface area contributed by atoms with Crippen LogP contribution < -0.4 is 21.7 Å². The zero-order valence-electron chi connectivity index (χ0n) is 17.9. The number of furan rings is 1. The first kappa shape index (κ1) is 20.7. The quantitative estimate of drug-likeness (QED) is 0.367. The lowest BCUT2D eigenvalue weighted by Crippen LogP contribution is -2.47. The van der Waals surface area contributed by atoms with E-state index in [1.165, 1.54) is 4.52 Å². The molecule has 0 bridgehead atoms. The Bertz CT molecular complexity index is 1260. The number of fused-ring (bicyclic) bond motifs is 1. The molecule has 33 heavy (non-hydrogen) atoms. The van der Waals surface area contributed by atoms with Crippen LogP contribution in [0.25, 0.3) is 17.4 Å². The number of nitrogen functional groups attached to an aromatic ring is 1. The molecule has 4 heterocycles. The molecule has 5 N–H and O–H groups in total. The Kier molecular flexibility index (Phi) is 5.48. The molecule has 0 spiro atoms. The van der Waals surface area contributed by atoms with Gasteiger partial charge in [-0.15, -0.1) is 5.10 Å². The van der Waals surface area contributed by atoms with Crippen molar-refractivity contribution in [2.75, 3.05) is 55.2 Å². The third-order valence-corrected chi connectivity index (χ3v) is 5.55. The van der Waals surface area contributed by atoms with Gasteiger partial charge in [-0.2, -0.15) is 19.5 Å². The second-order valence-electron chi connectivity index (χ2n) is 7.70. The van der Waals surface area contributed by atoms with Crippen LogP contribution in [0.15, 0.2) is 47.1 Å². The van der Waals surface area contributed by atoms with E-state index in [9.17, 15) is 4.79 Å². The lowest BCUT2D eigenvalue weighted by molar-refractivity contribution is 0.100. The van der Waals surface area contributed by atoms with Crippen LogP contribution in [0.3, 0.4) is 0 Å². The van der Waals surface area contributed by atoms with Gasteiger partial charge in [0, 0.05) is 50.5 Å². The molecule has 5 rings (SSSR count). The topological polar surface area (TPSA) is 157 Å². The minimum absolute atomic E-state index is 0.194. The highest BCUT2D eigenvalue weighted by molar-refractivity contribution is 5.93. The molecule has 1 aliphatic rings. The molecular formula is C21H24N10O2. The summed E-state index contributed by atoms with van der Waals surface area (Å²) in [6, 6.07) is 11.0. The van der Waals surface area contributed by atoms with E-state index < -0.39 is 5.91 Å². The fourth-order valence-corrected chi connectivity index (χ4v) is 3.81. The van der Waals surface area contributed by atoms with Gasteiger partial charge in [-0.3, -0.25) is 9.69 Å². The summed E-state index contributed by atoms with van der Waals surface area (Å²) in [5.74, 6) is 1.47. The molecule has 0 unspecified atom stereocenters. The Labute approximate surface area is 189 Å². The predicted octanol–water partition coefficient (Wildman–Crippen LogP) is 0.694. The van der Waals surface area contributed by atoms with Crippen molar-refractivity contribution < 1.29 is 9.21 Å². The zero-order chi connectivity index (χ0) is 22.8. The summed E-state index contributed by atoms with van der Waals surface area (Å²) in [5.41, 5.74) is 13.0. The van der Waals surface area contributed by atoms with Crippen molar-refractivity contribution >= 4 is 29.3 Å². The molecule has 1 saturated heterocycles. The van der Waals surface area contributed by atoms with Crippen LogP contribution in [0.5, 0.6) is 0 Å². The zero-order valence-corrected chi connectivity index (χ0v) is 17.9. The normalized spacial score (nSPS) is 14.6. The first-order chi connectivity index (χ1) is 16.1. The Morgan fingerprint density at radius 3 is 2.70 bits per heavy atom. The Balaban J connectivity index is 1.15. The molecule has 12 heteroatoms. The minimum Gasteiger partial charge on any atom is -0.461 e. The molecule has 4 aromatic rings. The third kappa shape index (κ3) is 4.41. The van der Waals surface area contributed by atoms with Gasteiger partial charge in [0.05, 0.1) is 6.26 Å². The van der Waals surface area contributed by atoms with Gasteiger partial charge in [0.15, 0.2) is 5.76 Å². The molecule has 0 saturated carbocycles. The molecule has 0 aliphatic carbocycles. The van der Waals surface area contributed by atoms with Gasteiger partial charge in [-0.25, -0.2) is 0 Å². The van der Waals surface area contributed by atoms with Crippen molar-refractivity contribution in [1.29, 1.82) is 0 Å². The van der Waals surface area contributed by atoms with Crippen molar-refractivity contribution in [3.63, 3.8) is 0 Å². The van der Waals surface area contributed by atoms with Gasteiger partial charge in [0.2, 0.25) is 23.6 Å². The number of nitrogens with one attached hydrogen (secondary N) is 1. The highest BCUT2D eigenvalue weighted by Gasteiger charge is 2.18. The van der Waals surface area contributed by atoms with E-state index in [1.807, 2.05) is 18.2 Å². The maximum atomic E-state index is 11.4. The van der Waals surface area contributed by atoms with Crippen LogP contribution in [0, 0.1) is 0 Å². The van der Waals surface area contributed by atoms with Crippen LogP contribution in [0.2, 0.25) is 0 Å². The Morgan fingerprint density at radius 1 is 1.09 bits per heavy atom. The molecule has 12 nitrogen and oxygen atoms in total. The van der Waals surface area contributed by atoms with Crippen molar-refractivity contribution in [2.45, 2.75) is 0 Å². The van der Waals surface area contributed by atoms with E-state index in [0.29, 0.717) is 35.4 Å². The van der Waals surface area contributed by atoms with E-state index in [4.69, 9.17) is 15.9 Å². The molecule has 1 aromatic carbocycles. The molecule has 0 atom stereocenters. The van der Waals surface area contributed by atoms with Crippen molar-refractivity contribution in [1.82, 2.24) is 29.5 Å². The number of hydrogen-bond acceptors (Lipinski definition) is 10. The number of amides is 1. The van der Waals surface area contributed by atoms with Gasteiger partial charge >= 0.3 is 0 Å². The number of carbonyl (C=O) groups is 1. The standard InChI is InChI=1S/C21H24N10O2/c22-17(32)14-3-1-4-15(13-14)30-10-8-29(9-11-30)7-6-24-20-26-19(23)31-21(27-20)25-18(28-31)16-5-2-12-33-16/h1-5,12-13H,6-11H2,(H2,22,32)(H3,23,24,25,26,27,28). The van der Waals surface area contributed by atoms with Crippen LogP contribution in [-0.4, -0.2) is 74.6 Å². The number of nitrogens with zero attached hydrogens (tertiary/aromatic N) is 7. The van der Waals surface area contributed by atoms with Gasteiger partial charge < -0.3 is 26.1 Å². The molecule has 3 aromatic heterocycles. The summed E-state index contributed by atoms with van der Waals surface area (Å²) in [5, 5.41) is 7.51. The number of benzene rings is 1. The summed E-state index contributed by atoms with van der Waals surface area (Å²) in [4.78, 5) is 29.1. The van der Waals surface area contributed by atoms with E-state index in [0.717, 1.165) is 38.4 Å². The fourth-order valence-electron chi connectivity index (χ4n) is 3.81. The number of rotatable bonds is 7. The minimum atomic E-state index is -0.411. The highest BCUT2D eigenvalue weighted by atomic mass is 16.3. The average Bonchev–Trinajstić information content (AvgIpc) is 3.50. The fraction of sp³-hybridized carbons (Fsp3) is 0.286. The number of nitrogens with two attached hydrogens (primary N) is 2. The third-order valence-electron chi connectivity index (χ3n) is 5.55. The summed E-state index contributed by atoms with van der Waals surface area (Å²) in [6.45, 7) is 5.03. The van der Waals surface area contributed by atoms with Gasteiger partial charge in [0.25, 0.3) is 5.78 Å². The van der Waals surface area contributed by atoms with Gasteiger partial charge in [-0.05, 0) is 30.3 Å². The SMILES string of the molecule is NC(=O)c1cccc(N2CCN(CCNc3nc(N)n4nc(-c5ccco5)nc4n3)CC2)c1. The number of aromatic nitrogens is 5. The van der Waals surface area contributed by atoms with Crippen LogP contribution in [0.1, 0.15) is 10.4 Å². The number of anilines is 3. The van der Waals surface area contributed by atoms with E-state index in [1.54, 1.807) is 24.5 Å². The molecule has 1 aliphatic heterocycles. The lowest BCUT2D eigenvalue weighted by atomic mass is 10.1. The van der Waals surface area contributed by atoms with E-state index in [-0.39, 0.29) is 5.95 Å². The number of hydrogen-bond donors (Lipinski definition) is 3. The molecule has 1 amide bonds. The van der Waals surface area contributed by atoms with Gasteiger partial charge in [0.1, 0.15) is 0 Å². The second kappa shape index (κ2) is 8.74. The van der Waals surface area contributed by atoms with Gasteiger partial charge in [-0.1, -0.05) is 6.07 Å². The summed E-state index contributed by atoms with van der Waals surface area (Å²) in [7, 11) is 0.